The minimum atomic E-state index is -0.990. The molecule has 1 atom stereocenters. The summed E-state index contributed by atoms with van der Waals surface area (Å²) >= 11 is 3.29. The number of carboxylic acids is 1. The number of hydrogen-bond acceptors (Lipinski definition) is 4. The average Bonchev–Trinajstić information content (AvgIpc) is 2.75. The number of Topliss-reactive ketones (excluding diaryl/α,β-unsaturated/α-hetero) is 1. The van der Waals surface area contributed by atoms with Crippen LogP contribution in [0.5, 0.6) is 11.5 Å². The van der Waals surface area contributed by atoms with Crippen molar-refractivity contribution in [1.29, 1.82) is 0 Å². The van der Waals surface area contributed by atoms with Crippen molar-refractivity contribution in [3.8, 4) is 11.5 Å². The van der Waals surface area contributed by atoms with Crippen molar-refractivity contribution < 1.29 is 24.2 Å². The summed E-state index contributed by atoms with van der Waals surface area (Å²) in [5.74, 6) is -0.727. The monoisotopic (exact) mass is 314 g/mol. The van der Waals surface area contributed by atoms with Gasteiger partial charge in [0.05, 0.1) is 10.9 Å². The number of carboxylic acid groups (broad SMARTS) is 1. The number of ether oxygens (including phenoxy) is 2. The normalized spacial score (nSPS) is 14.3. The van der Waals surface area contributed by atoms with E-state index in [1.807, 2.05) is 0 Å². The first kappa shape index (κ1) is 12.9. The summed E-state index contributed by atoms with van der Waals surface area (Å²) in [7, 11) is 0. The Bertz CT molecular complexity index is 511. The first-order valence-corrected chi connectivity index (χ1v) is 6.13. The molecule has 1 unspecified atom stereocenters. The fourth-order valence-electron chi connectivity index (χ4n) is 1.75. The van der Waals surface area contributed by atoms with Crippen molar-refractivity contribution in [2.24, 2.45) is 5.92 Å². The molecule has 1 aromatic carbocycles. The molecular formula is C12H11BrO5. The molecule has 1 heterocycles. The third-order valence-corrected chi connectivity index (χ3v) is 3.23. The molecular weight excluding hydrogens is 304 g/mol. The van der Waals surface area contributed by atoms with Gasteiger partial charge in [0, 0.05) is 11.5 Å². The largest absolute Gasteiger partial charge is 0.481 e. The second kappa shape index (κ2) is 4.97. The number of rotatable bonds is 4. The van der Waals surface area contributed by atoms with Gasteiger partial charge in [0.15, 0.2) is 17.3 Å². The minimum Gasteiger partial charge on any atom is -0.481 e. The highest BCUT2D eigenvalue weighted by molar-refractivity contribution is 9.10. The molecule has 0 bridgehead atoms. The smallest absolute Gasteiger partial charge is 0.304 e. The van der Waals surface area contributed by atoms with E-state index in [4.69, 9.17) is 14.6 Å². The number of ketones is 1. The van der Waals surface area contributed by atoms with Gasteiger partial charge in [-0.3, -0.25) is 9.59 Å². The van der Waals surface area contributed by atoms with Gasteiger partial charge in [0.2, 0.25) is 6.79 Å². The Kier molecular flexibility index (Phi) is 3.56. The van der Waals surface area contributed by atoms with Gasteiger partial charge in [0.1, 0.15) is 0 Å². The first-order chi connectivity index (χ1) is 8.49. The molecule has 0 aromatic heterocycles. The van der Waals surface area contributed by atoms with Gasteiger partial charge in [-0.05, 0) is 28.1 Å². The lowest BCUT2D eigenvalue weighted by Gasteiger charge is -2.09. The zero-order valence-corrected chi connectivity index (χ0v) is 11.2. The molecule has 0 saturated heterocycles. The van der Waals surface area contributed by atoms with Crippen molar-refractivity contribution in [1.82, 2.24) is 0 Å². The SMILES string of the molecule is CC(CC(=O)O)C(=O)c1cc(Br)c2c(c1)OCO2. The Hall–Kier alpha value is -1.56. The van der Waals surface area contributed by atoms with Crippen LogP contribution < -0.4 is 9.47 Å². The first-order valence-electron chi connectivity index (χ1n) is 5.34. The average molecular weight is 315 g/mol. The highest BCUT2D eigenvalue weighted by Crippen LogP contribution is 2.40. The van der Waals surface area contributed by atoms with E-state index < -0.39 is 11.9 Å². The van der Waals surface area contributed by atoms with E-state index in [9.17, 15) is 9.59 Å². The summed E-state index contributed by atoms with van der Waals surface area (Å²) in [6.07, 6.45) is -0.190. The van der Waals surface area contributed by atoms with E-state index in [-0.39, 0.29) is 19.0 Å². The molecule has 18 heavy (non-hydrogen) atoms. The molecule has 1 aliphatic rings. The topological polar surface area (TPSA) is 72.8 Å². The fraction of sp³-hybridized carbons (Fsp3) is 0.333. The molecule has 96 valence electrons. The molecule has 0 radical (unpaired) electrons. The van der Waals surface area contributed by atoms with Gasteiger partial charge >= 0.3 is 5.97 Å². The molecule has 0 saturated carbocycles. The standard InChI is InChI=1S/C12H11BrO5/c1-6(2-10(14)15)11(16)7-3-8(13)12-9(4-7)17-5-18-12/h3-4,6H,2,5H2,1H3,(H,14,15). The molecule has 0 fully saturated rings. The van der Waals surface area contributed by atoms with E-state index in [2.05, 4.69) is 15.9 Å². The van der Waals surface area contributed by atoms with E-state index in [1.165, 1.54) is 0 Å². The quantitative estimate of drug-likeness (QED) is 0.864. The summed E-state index contributed by atoms with van der Waals surface area (Å²) in [4.78, 5) is 22.6. The maximum atomic E-state index is 12.1. The molecule has 0 spiro atoms. The Morgan fingerprint density at radius 2 is 2.17 bits per heavy atom. The number of benzene rings is 1. The Morgan fingerprint density at radius 1 is 1.44 bits per heavy atom. The van der Waals surface area contributed by atoms with Crippen molar-refractivity contribution in [2.45, 2.75) is 13.3 Å². The van der Waals surface area contributed by atoms with Crippen molar-refractivity contribution in [2.75, 3.05) is 6.79 Å². The predicted octanol–water partition coefficient (Wildman–Crippen LogP) is 2.47. The summed E-state index contributed by atoms with van der Waals surface area (Å²) in [5.41, 5.74) is 0.417. The van der Waals surface area contributed by atoms with Crippen LogP contribution in [0.1, 0.15) is 23.7 Å². The van der Waals surface area contributed by atoms with E-state index in [0.717, 1.165) is 0 Å². The zero-order valence-electron chi connectivity index (χ0n) is 9.60. The number of carbonyl (C=O) groups is 2. The van der Waals surface area contributed by atoms with Crippen LogP contribution in [0.3, 0.4) is 0 Å². The lowest BCUT2D eigenvalue weighted by atomic mass is 9.96. The second-order valence-corrected chi connectivity index (χ2v) is 4.91. The second-order valence-electron chi connectivity index (χ2n) is 4.06. The Balaban J connectivity index is 2.26. The molecule has 6 heteroatoms. The highest BCUT2D eigenvalue weighted by Gasteiger charge is 2.23. The highest BCUT2D eigenvalue weighted by atomic mass is 79.9. The van der Waals surface area contributed by atoms with Crippen LogP contribution in [0.2, 0.25) is 0 Å². The van der Waals surface area contributed by atoms with Gasteiger partial charge in [-0.25, -0.2) is 0 Å². The van der Waals surface area contributed by atoms with Gasteiger partial charge in [0.25, 0.3) is 0 Å². The summed E-state index contributed by atoms with van der Waals surface area (Å²) < 4.78 is 11.1. The van der Waals surface area contributed by atoms with Gasteiger partial charge in [-0.2, -0.15) is 0 Å². The Labute approximate surface area is 112 Å². The molecule has 1 aromatic rings. The zero-order chi connectivity index (χ0) is 13.3. The van der Waals surface area contributed by atoms with Crippen LogP contribution in [0.15, 0.2) is 16.6 Å². The van der Waals surface area contributed by atoms with Crippen molar-refractivity contribution in [3.63, 3.8) is 0 Å². The Morgan fingerprint density at radius 3 is 2.83 bits per heavy atom. The predicted molar refractivity (Wildman–Crippen MR) is 66.0 cm³/mol. The summed E-state index contributed by atoms with van der Waals surface area (Å²) in [5, 5.41) is 8.68. The third-order valence-electron chi connectivity index (χ3n) is 2.64. The van der Waals surface area contributed by atoms with Crippen molar-refractivity contribution in [3.05, 3.63) is 22.2 Å². The molecule has 2 rings (SSSR count). The number of aliphatic carboxylic acids is 1. The van der Waals surface area contributed by atoms with E-state index >= 15 is 0 Å². The lowest BCUT2D eigenvalue weighted by molar-refractivity contribution is -0.137. The molecule has 0 aliphatic carbocycles. The molecule has 1 N–H and O–H groups in total. The minimum absolute atomic E-state index is 0.121. The lowest BCUT2D eigenvalue weighted by Crippen LogP contribution is -2.15. The summed E-state index contributed by atoms with van der Waals surface area (Å²) in [6, 6.07) is 3.20. The van der Waals surface area contributed by atoms with Gasteiger partial charge < -0.3 is 14.6 Å². The van der Waals surface area contributed by atoms with Crippen LogP contribution in [0.25, 0.3) is 0 Å². The van der Waals surface area contributed by atoms with Crippen LogP contribution in [0, 0.1) is 5.92 Å². The number of carbonyl (C=O) groups excluding carboxylic acids is 1. The summed E-state index contributed by atoms with van der Waals surface area (Å²) in [6.45, 7) is 1.71. The van der Waals surface area contributed by atoms with Gasteiger partial charge in [-0.1, -0.05) is 6.92 Å². The molecule has 0 amide bonds. The van der Waals surface area contributed by atoms with E-state index in [0.29, 0.717) is 21.5 Å². The van der Waals surface area contributed by atoms with Crippen LogP contribution >= 0.6 is 15.9 Å². The number of fused-ring (bicyclic) bond motifs is 1. The number of halogens is 1. The third kappa shape index (κ3) is 2.48. The molecule has 5 nitrogen and oxygen atoms in total. The van der Waals surface area contributed by atoms with E-state index in [1.54, 1.807) is 19.1 Å². The maximum absolute atomic E-state index is 12.1. The van der Waals surface area contributed by atoms with Crippen LogP contribution in [-0.2, 0) is 4.79 Å². The van der Waals surface area contributed by atoms with Crippen molar-refractivity contribution >= 4 is 27.7 Å². The number of hydrogen-bond donors (Lipinski definition) is 1. The van der Waals surface area contributed by atoms with Crippen LogP contribution in [-0.4, -0.2) is 23.7 Å². The van der Waals surface area contributed by atoms with Crippen LogP contribution in [0.4, 0.5) is 0 Å². The van der Waals surface area contributed by atoms with Gasteiger partial charge in [-0.15, -0.1) is 0 Å². The maximum Gasteiger partial charge on any atom is 0.304 e. The molecule has 1 aliphatic heterocycles. The fourth-order valence-corrected chi connectivity index (χ4v) is 2.31.